The van der Waals surface area contributed by atoms with Crippen LogP contribution in [-0.4, -0.2) is 36.4 Å². The Labute approximate surface area is 248 Å². The van der Waals surface area contributed by atoms with E-state index in [0.29, 0.717) is 12.8 Å². The van der Waals surface area contributed by atoms with Gasteiger partial charge in [0.05, 0.1) is 6.61 Å². The number of carbonyl (C=O) groups is 2. The molecule has 0 spiro atoms. The van der Waals surface area contributed by atoms with Crippen molar-refractivity contribution in [1.29, 1.82) is 0 Å². The maximum Gasteiger partial charge on any atom is 0.306 e. The molecule has 1 atom stereocenters. The van der Waals surface area contributed by atoms with Gasteiger partial charge in [-0.05, 0) is 38.5 Å². The third-order valence-corrected chi connectivity index (χ3v) is 7.56. The molecule has 0 fully saturated rings. The predicted octanol–water partition coefficient (Wildman–Crippen LogP) is 10.2. The Balaban J connectivity index is 3.57. The number of hydrogen-bond acceptors (Lipinski definition) is 5. The number of hydrogen-bond donors (Lipinski definition) is 1. The lowest BCUT2D eigenvalue weighted by Crippen LogP contribution is -2.28. The highest BCUT2D eigenvalue weighted by molar-refractivity contribution is 5.70. The molecule has 0 heterocycles. The van der Waals surface area contributed by atoms with Gasteiger partial charge in [-0.15, -0.1) is 0 Å². The molecule has 0 aliphatic rings. The number of aliphatic hydroxyl groups excluding tert-OH is 1. The van der Waals surface area contributed by atoms with Gasteiger partial charge < -0.3 is 14.6 Å². The zero-order valence-electron chi connectivity index (χ0n) is 26.6. The van der Waals surface area contributed by atoms with E-state index in [0.717, 1.165) is 44.9 Å². The highest BCUT2D eigenvalue weighted by Crippen LogP contribution is 2.13. The first-order chi connectivity index (χ1) is 19.6. The summed E-state index contributed by atoms with van der Waals surface area (Å²) in [6.45, 7) is 4.11. The summed E-state index contributed by atoms with van der Waals surface area (Å²) in [4.78, 5) is 24.1. The Morgan fingerprint density at radius 1 is 0.550 bits per heavy atom. The Morgan fingerprint density at radius 2 is 0.925 bits per heavy atom. The molecule has 0 saturated heterocycles. The van der Waals surface area contributed by atoms with Crippen molar-refractivity contribution >= 4 is 11.9 Å². The first-order valence-electron chi connectivity index (χ1n) is 17.2. The van der Waals surface area contributed by atoms with Crippen molar-refractivity contribution in [2.45, 2.75) is 187 Å². The van der Waals surface area contributed by atoms with Crippen molar-refractivity contribution in [3.05, 3.63) is 12.2 Å². The SMILES string of the molecule is CCCCCCCCC=CCCCCCCCC(=O)OC(CO)COC(=O)CCCCCCCCCCCCC. The van der Waals surface area contributed by atoms with Crippen molar-refractivity contribution in [3.8, 4) is 0 Å². The fourth-order valence-electron chi connectivity index (χ4n) is 4.90. The molecule has 0 aromatic carbocycles. The van der Waals surface area contributed by atoms with Crippen LogP contribution >= 0.6 is 0 Å². The minimum absolute atomic E-state index is 0.0640. The second-order valence-corrected chi connectivity index (χ2v) is 11.6. The number of rotatable bonds is 31. The highest BCUT2D eigenvalue weighted by Gasteiger charge is 2.16. The summed E-state index contributed by atoms with van der Waals surface area (Å²) < 4.78 is 10.5. The van der Waals surface area contributed by atoms with Gasteiger partial charge in [-0.25, -0.2) is 0 Å². The van der Waals surface area contributed by atoms with E-state index < -0.39 is 6.10 Å². The third kappa shape index (κ3) is 29.6. The van der Waals surface area contributed by atoms with E-state index in [1.807, 2.05) is 0 Å². The molecular formula is C35H66O5. The van der Waals surface area contributed by atoms with Gasteiger partial charge in [0.2, 0.25) is 0 Å². The molecule has 1 N–H and O–H groups in total. The van der Waals surface area contributed by atoms with E-state index in [1.54, 1.807) is 0 Å². The second kappa shape index (κ2) is 32.2. The van der Waals surface area contributed by atoms with Crippen LogP contribution < -0.4 is 0 Å². The number of allylic oxidation sites excluding steroid dienone is 2. The van der Waals surface area contributed by atoms with Crippen LogP contribution in [0.1, 0.15) is 181 Å². The van der Waals surface area contributed by atoms with Crippen LogP contribution in [-0.2, 0) is 19.1 Å². The van der Waals surface area contributed by atoms with Crippen LogP contribution in [0, 0.1) is 0 Å². The van der Waals surface area contributed by atoms with Crippen LogP contribution in [0.5, 0.6) is 0 Å². The lowest BCUT2D eigenvalue weighted by Gasteiger charge is -2.15. The number of unbranched alkanes of at least 4 members (excludes halogenated alkanes) is 21. The molecule has 40 heavy (non-hydrogen) atoms. The summed E-state index contributed by atoms with van der Waals surface area (Å²) >= 11 is 0. The van der Waals surface area contributed by atoms with Crippen LogP contribution in [0.15, 0.2) is 12.2 Å². The maximum atomic E-state index is 12.1. The third-order valence-electron chi connectivity index (χ3n) is 7.56. The molecule has 0 radical (unpaired) electrons. The lowest BCUT2D eigenvalue weighted by molar-refractivity contribution is -0.161. The van der Waals surface area contributed by atoms with Gasteiger partial charge in [0.25, 0.3) is 0 Å². The molecule has 0 aliphatic carbocycles. The van der Waals surface area contributed by atoms with Gasteiger partial charge >= 0.3 is 11.9 Å². The summed E-state index contributed by atoms with van der Waals surface area (Å²) in [5, 5.41) is 9.49. The molecule has 236 valence electrons. The summed E-state index contributed by atoms with van der Waals surface area (Å²) in [5.74, 6) is -0.597. The molecule has 0 bridgehead atoms. The van der Waals surface area contributed by atoms with Crippen LogP contribution in [0.3, 0.4) is 0 Å². The van der Waals surface area contributed by atoms with Crippen LogP contribution in [0.4, 0.5) is 0 Å². The summed E-state index contributed by atoms with van der Waals surface area (Å²) in [7, 11) is 0. The first kappa shape index (κ1) is 38.6. The minimum Gasteiger partial charge on any atom is -0.462 e. The van der Waals surface area contributed by atoms with E-state index in [-0.39, 0.29) is 25.2 Å². The van der Waals surface area contributed by atoms with Crippen molar-refractivity contribution < 1.29 is 24.2 Å². The van der Waals surface area contributed by atoms with Gasteiger partial charge in [-0.2, -0.15) is 0 Å². The van der Waals surface area contributed by atoms with Gasteiger partial charge in [-0.3, -0.25) is 9.59 Å². The van der Waals surface area contributed by atoms with Crippen LogP contribution in [0.25, 0.3) is 0 Å². The monoisotopic (exact) mass is 566 g/mol. The Hall–Kier alpha value is -1.36. The largest absolute Gasteiger partial charge is 0.462 e. The van der Waals surface area contributed by atoms with E-state index >= 15 is 0 Å². The standard InChI is InChI=1S/C35H66O5/c1-3-5-7-9-11-13-15-16-17-18-20-22-24-26-28-30-35(38)40-33(31-36)32-39-34(37)29-27-25-23-21-19-14-12-10-8-6-4-2/h16-17,33,36H,3-15,18-32H2,1-2H3. The first-order valence-corrected chi connectivity index (χ1v) is 17.2. The number of aliphatic hydroxyl groups is 1. The maximum absolute atomic E-state index is 12.1. The van der Waals surface area contributed by atoms with Crippen molar-refractivity contribution in [2.75, 3.05) is 13.2 Å². The van der Waals surface area contributed by atoms with E-state index in [4.69, 9.17) is 9.47 Å². The van der Waals surface area contributed by atoms with Gasteiger partial charge in [0, 0.05) is 12.8 Å². The van der Waals surface area contributed by atoms with Crippen molar-refractivity contribution in [3.63, 3.8) is 0 Å². The second-order valence-electron chi connectivity index (χ2n) is 11.6. The minimum atomic E-state index is -0.767. The Bertz CT molecular complexity index is 574. The zero-order chi connectivity index (χ0) is 29.4. The average Bonchev–Trinajstić information content (AvgIpc) is 2.96. The molecule has 5 heteroatoms. The molecule has 1 unspecified atom stereocenters. The Kier molecular flexibility index (Phi) is 31.1. The van der Waals surface area contributed by atoms with E-state index in [2.05, 4.69) is 26.0 Å². The Morgan fingerprint density at radius 3 is 1.35 bits per heavy atom. The van der Waals surface area contributed by atoms with Gasteiger partial charge in [-0.1, -0.05) is 142 Å². The number of carbonyl (C=O) groups excluding carboxylic acids is 2. The highest BCUT2D eigenvalue weighted by atomic mass is 16.6. The molecule has 0 aromatic heterocycles. The molecule has 0 aliphatic heterocycles. The topological polar surface area (TPSA) is 72.8 Å². The fraction of sp³-hybridized carbons (Fsp3) is 0.886. The normalized spacial score (nSPS) is 12.2. The lowest BCUT2D eigenvalue weighted by atomic mass is 10.1. The van der Waals surface area contributed by atoms with E-state index in [9.17, 15) is 14.7 Å². The fourth-order valence-corrected chi connectivity index (χ4v) is 4.90. The zero-order valence-corrected chi connectivity index (χ0v) is 26.6. The predicted molar refractivity (Wildman–Crippen MR) is 168 cm³/mol. The number of ether oxygens (including phenoxy) is 2. The van der Waals surface area contributed by atoms with Crippen molar-refractivity contribution in [2.24, 2.45) is 0 Å². The van der Waals surface area contributed by atoms with Crippen LogP contribution in [0.2, 0.25) is 0 Å². The molecule has 0 saturated carbocycles. The van der Waals surface area contributed by atoms with E-state index in [1.165, 1.54) is 109 Å². The summed E-state index contributed by atoms with van der Waals surface area (Å²) in [6.07, 6.45) is 34.0. The van der Waals surface area contributed by atoms with Crippen molar-refractivity contribution in [1.82, 2.24) is 0 Å². The summed E-state index contributed by atoms with van der Waals surface area (Å²) in [6, 6.07) is 0. The molecule has 0 amide bonds. The quantitative estimate of drug-likeness (QED) is 0.0513. The average molecular weight is 567 g/mol. The smallest absolute Gasteiger partial charge is 0.306 e. The molecular weight excluding hydrogens is 500 g/mol. The molecule has 0 rings (SSSR count). The van der Waals surface area contributed by atoms with Gasteiger partial charge in [0.1, 0.15) is 6.61 Å². The molecule has 5 nitrogen and oxygen atoms in total. The van der Waals surface area contributed by atoms with Gasteiger partial charge in [0.15, 0.2) is 6.10 Å². The summed E-state index contributed by atoms with van der Waals surface area (Å²) in [5.41, 5.74) is 0. The molecule has 0 aromatic rings. The number of esters is 2.